The highest BCUT2D eigenvalue weighted by Crippen LogP contribution is 2.13. The molecule has 0 aromatic carbocycles. The largest absolute Gasteiger partial charge is 0.364 e. The number of guanidine groups is 1. The van der Waals surface area contributed by atoms with Crippen molar-refractivity contribution in [1.29, 1.82) is 0 Å². The molecule has 0 unspecified atom stereocenters. The predicted octanol–water partition coefficient (Wildman–Crippen LogP) is 0.0212. The molecule has 10 nitrogen and oxygen atoms in total. The molecule has 0 saturated carbocycles. The molecule has 0 spiro atoms. The number of nitrogens with one attached hydrogen (secondary N) is 1. The van der Waals surface area contributed by atoms with Crippen molar-refractivity contribution in [2.45, 2.75) is 19.2 Å². The van der Waals surface area contributed by atoms with Gasteiger partial charge in [0, 0.05) is 58.2 Å². The molecule has 0 atom stereocenters. The molecule has 148 valence electrons. The van der Waals surface area contributed by atoms with E-state index in [4.69, 9.17) is 4.52 Å². The highest BCUT2D eigenvalue weighted by molar-refractivity contribution is 7.88. The number of piperazine rings is 1. The zero-order valence-corrected chi connectivity index (χ0v) is 16.4. The molecule has 2 aromatic rings. The van der Waals surface area contributed by atoms with Crippen LogP contribution in [0.4, 0.5) is 0 Å². The van der Waals surface area contributed by atoms with Crippen molar-refractivity contribution in [3.63, 3.8) is 0 Å². The van der Waals surface area contributed by atoms with Crippen LogP contribution in [0.1, 0.15) is 18.4 Å². The van der Waals surface area contributed by atoms with Crippen LogP contribution in [0.3, 0.4) is 0 Å². The summed E-state index contributed by atoms with van der Waals surface area (Å²) in [6.45, 7) is 5.18. The fourth-order valence-corrected chi connectivity index (χ4v) is 4.31. The first kappa shape index (κ1) is 19.4. The van der Waals surface area contributed by atoms with E-state index in [0.29, 0.717) is 38.4 Å². The van der Waals surface area contributed by atoms with E-state index in [9.17, 15) is 8.42 Å². The van der Waals surface area contributed by atoms with Gasteiger partial charge in [0.05, 0.1) is 5.69 Å². The molecule has 1 fully saturated rings. The Hall–Kier alpha value is -2.40. The minimum atomic E-state index is -3.41. The van der Waals surface area contributed by atoms with Crippen molar-refractivity contribution in [2.24, 2.45) is 12.0 Å². The number of aliphatic imine (C=N–C) groups is 1. The molecular formula is C16H25N7O3S. The van der Waals surface area contributed by atoms with Gasteiger partial charge in [-0.3, -0.25) is 0 Å². The van der Waals surface area contributed by atoms with E-state index in [1.165, 1.54) is 10.6 Å². The molecule has 1 aliphatic rings. The van der Waals surface area contributed by atoms with Gasteiger partial charge in [0.25, 0.3) is 0 Å². The summed E-state index contributed by atoms with van der Waals surface area (Å²) >= 11 is 0. The van der Waals surface area contributed by atoms with Gasteiger partial charge < -0.3 is 19.3 Å². The van der Waals surface area contributed by atoms with Crippen molar-refractivity contribution in [1.82, 2.24) is 29.2 Å². The van der Waals surface area contributed by atoms with E-state index >= 15 is 0 Å². The summed E-state index contributed by atoms with van der Waals surface area (Å²) in [5.74, 6) is 1.50. The standard InChI is InChI=1S/C16H25N7O3S/c1-3-17-16(19-12-15-18-5-6-21(15)2)22-7-9-23(10-8-22)27(24,25)13-14-4-11-26-20-14/h4-6,11H,3,7-10,12-13H2,1-2H3,(H,17,19). The summed E-state index contributed by atoms with van der Waals surface area (Å²) in [5.41, 5.74) is 0.419. The molecule has 0 radical (unpaired) electrons. The van der Waals surface area contributed by atoms with E-state index in [0.717, 1.165) is 18.3 Å². The van der Waals surface area contributed by atoms with Gasteiger partial charge in [-0.05, 0) is 6.92 Å². The number of hydrogen-bond acceptors (Lipinski definition) is 6. The normalized spacial score (nSPS) is 16.7. The highest BCUT2D eigenvalue weighted by Gasteiger charge is 2.29. The molecule has 27 heavy (non-hydrogen) atoms. The summed E-state index contributed by atoms with van der Waals surface area (Å²) in [6, 6.07) is 1.57. The van der Waals surface area contributed by atoms with E-state index < -0.39 is 10.0 Å². The average molecular weight is 395 g/mol. The van der Waals surface area contributed by atoms with Crippen LogP contribution in [0.25, 0.3) is 0 Å². The fraction of sp³-hybridized carbons (Fsp3) is 0.562. The second-order valence-electron chi connectivity index (χ2n) is 6.26. The van der Waals surface area contributed by atoms with E-state index in [1.807, 2.05) is 24.7 Å². The zero-order valence-electron chi connectivity index (χ0n) is 15.6. The SMILES string of the molecule is CCNC(=NCc1nccn1C)N1CCN(S(=O)(=O)Cc2ccon2)CC1. The van der Waals surface area contributed by atoms with Crippen LogP contribution in [0.5, 0.6) is 0 Å². The van der Waals surface area contributed by atoms with Crippen molar-refractivity contribution in [3.8, 4) is 0 Å². The summed E-state index contributed by atoms with van der Waals surface area (Å²) in [6.07, 6.45) is 5.01. The lowest BCUT2D eigenvalue weighted by molar-refractivity contribution is 0.259. The second-order valence-corrected chi connectivity index (χ2v) is 8.23. The van der Waals surface area contributed by atoms with Gasteiger partial charge in [-0.15, -0.1) is 0 Å². The number of rotatable bonds is 6. The molecule has 1 aliphatic heterocycles. The lowest BCUT2D eigenvalue weighted by Crippen LogP contribution is -2.53. The molecule has 0 amide bonds. The molecule has 1 saturated heterocycles. The van der Waals surface area contributed by atoms with E-state index in [2.05, 4.69) is 25.3 Å². The van der Waals surface area contributed by atoms with Crippen LogP contribution in [0.2, 0.25) is 0 Å². The lowest BCUT2D eigenvalue weighted by atomic mass is 10.4. The molecule has 3 heterocycles. The van der Waals surface area contributed by atoms with Crippen LogP contribution >= 0.6 is 0 Å². The van der Waals surface area contributed by atoms with E-state index in [-0.39, 0.29) is 5.75 Å². The van der Waals surface area contributed by atoms with Gasteiger partial charge in [-0.25, -0.2) is 18.4 Å². The fourth-order valence-electron chi connectivity index (χ4n) is 2.89. The van der Waals surface area contributed by atoms with E-state index in [1.54, 1.807) is 12.3 Å². The smallest absolute Gasteiger partial charge is 0.220 e. The molecule has 2 aromatic heterocycles. The van der Waals surface area contributed by atoms with Crippen LogP contribution in [0.15, 0.2) is 34.2 Å². The van der Waals surface area contributed by atoms with Crippen molar-refractivity contribution in [2.75, 3.05) is 32.7 Å². The predicted molar refractivity (Wildman–Crippen MR) is 100 cm³/mol. The molecule has 1 N–H and O–H groups in total. The number of hydrogen-bond donors (Lipinski definition) is 1. The Kier molecular flexibility index (Phi) is 6.11. The molecule has 0 bridgehead atoms. The Morgan fingerprint density at radius 1 is 1.33 bits per heavy atom. The molecule has 11 heteroatoms. The minimum Gasteiger partial charge on any atom is -0.364 e. The first-order valence-corrected chi connectivity index (χ1v) is 10.5. The number of nitrogens with zero attached hydrogens (tertiary/aromatic N) is 6. The monoisotopic (exact) mass is 395 g/mol. The lowest BCUT2D eigenvalue weighted by Gasteiger charge is -2.35. The molecular weight excluding hydrogens is 370 g/mol. The van der Waals surface area contributed by atoms with Crippen molar-refractivity contribution in [3.05, 3.63) is 36.2 Å². The van der Waals surface area contributed by atoms with Gasteiger partial charge >= 0.3 is 0 Å². The number of imidazole rings is 1. The maximum absolute atomic E-state index is 12.5. The van der Waals surface area contributed by atoms with Crippen LogP contribution < -0.4 is 5.32 Å². The Morgan fingerprint density at radius 3 is 2.70 bits per heavy atom. The van der Waals surface area contributed by atoms with Gasteiger partial charge in [0.1, 0.15) is 24.4 Å². The highest BCUT2D eigenvalue weighted by atomic mass is 32.2. The number of sulfonamides is 1. The minimum absolute atomic E-state index is 0.142. The van der Waals surface area contributed by atoms with Gasteiger partial charge in [-0.1, -0.05) is 5.16 Å². The Labute approximate surface area is 158 Å². The van der Waals surface area contributed by atoms with Gasteiger partial charge in [0.2, 0.25) is 10.0 Å². The third-order valence-electron chi connectivity index (χ3n) is 4.38. The molecule has 3 rings (SSSR count). The maximum atomic E-state index is 12.5. The average Bonchev–Trinajstić information content (AvgIpc) is 3.30. The maximum Gasteiger partial charge on any atom is 0.220 e. The zero-order chi connectivity index (χ0) is 19.3. The Balaban J connectivity index is 1.61. The molecule has 0 aliphatic carbocycles. The summed E-state index contributed by atoms with van der Waals surface area (Å²) < 4.78 is 33.2. The summed E-state index contributed by atoms with van der Waals surface area (Å²) in [4.78, 5) is 11.0. The first-order valence-electron chi connectivity index (χ1n) is 8.86. The second kappa shape index (κ2) is 8.53. The summed E-state index contributed by atoms with van der Waals surface area (Å²) in [7, 11) is -1.48. The Bertz CT molecular complexity index is 852. The first-order chi connectivity index (χ1) is 13.0. The third-order valence-corrected chi connectivity index (χ3v) is 6.19. The topological polar surface area (TPSA) is 109 Å². The van der Waals surface area contributed by atoms with Crippen LogP contribution in [-0.2, 0) is 29.4 Å². The quantitative estimate of drug-likeness (QED) is 0.542. The van der Waals surface area contributed by atoms with Gasteiger partial charge in [-0.2, -0.15) is 4.31 Å². The third kappa shape index (κ3) is 4.86. The van der Waals surface area contributed by atoms with Crippen molar-refractivity contribution >= 4 is 16.0 Å². The number of aromatic nitrogens is 3. The van der Waals surface area contributed by atoms with Crippen LogP contribution in [-0.4, -0.2) is 71.0 Å². The van der Waals surface area contributed by atoms with Gasteiger partial charge in [0.15, 0.2) is 5.96 Å². The summed E-state index contributed by atoms with van der Waals surface area (Å²) in [5, 5.41) is 6.96. The van der Waals surface area contributed by atoms with Crippen molar-refractivity contribution < 1.29 is 12.9 Å². The van der Waals surface area contributed by atoms with Crippen LogP contribution in [0, 0.1) is 0 Å². The number of aryl methyl sites for hydroxylation is 1. The Morgan fingerprint density at radius 2 is 2.11 bits per heavy atom.